The van der Waals surface area contributed by atoms with Crippen molar-refractivity contribution in [2.24, 2.45) is 0 Å². The molecule has 110 valence electrons. The van der Waals surface area contributed by atoms with Gasteiger partial charge in [-0.1, -0.05) is 6.92 Å². The first-order valence-corrected chi connectivity index (χ1v) is 7.02. The highest BCUT2D eigenvalue weighted by molar-refractivity contribution is 7.89. The Bertz CT molecular complexity index is 501. The zero-order chi connectivity index (χ0) is 13.6. The molecular formula is C10H18ClN3O4S. The van der Waals surface area contributed by atoms with E-state index in [0.717, 1.165) is 6.54 Å². The molecule has 1 aromatic rings. The predicted molar refractivity (Wildman–Crippen MR) is 73.1 cm³/mol. The molecular weight excluding hydrogens is 294 g/mol. The van der Waals surface area contributed by atoms with Crippen molar-refractivity contribution in [1.29, 1.82) is 0 Å². The molecule has 9 heteroatoms. The molecule has 0 atom stereocenters. The number of carbonyl (C=O) groups excluding carboxylic acids is 1. The van der Waals surface area contributed by atoms with E-state index >= 15 is 0 Å². The monoisotopic (exact) mass is 311 g/mol. The minimum Gasteiger partial charge on any atom is -0.438 e. The zero-order valence-corrected chi connectivity index (χ0v) is 12.4. The number of halogens is 1. The molecule has 0 aromatic carbocycles. The minimum absolute atomic E-state index is 0. The maximum atomic E-state index is 11.6. The van der Waals surface area contributed by atoms with E-state index in [1.54, 1.807) is 0 Å². The van der Waals surface area contributed by atoms with Crippen molar-refractivity contribution in [2.75, 3.05) is 26.7 Å². The lowest BCUT2D eigenvalue weighted by molar-refractivity contribution is 0.0921. The smallest absolute Gasteiger partial charge is 0.287 e. The lowest BCUT2D eigenvalue weighted by atomic mass is 10.4. The number of furan rings is 1. The van der Waals surface area contributed by atoms with E-state index in [1.807, 2.05) is 6.92 Å². The number of rotatable bonds is 7. The standard InChI is InChI=1S/C10H17N3O4S.ClH/c1-3-12-6-7-13-10(14)8-4-5-9(17-8)18(15,16)11-2;/h4-5,11-12H,3,6-7H2,1-2H3,(H,13,14);1H. The molecule has 1 rings (SSSR count). The van der Waals surface area contributed by atoms with Gasteiger partial charge in [-0.25, -0.2) is 13.1 Å². The second-order valence-corrected chi connectivity index (χ2v) is 5.25. The normalized spacial score (nSPS) is 10.8. The Labute approximate surface area is 118 Å². The minimum atomic E-state index is -3.65. The van der Waals surface area contributed by atoms with Crippen molar-refractivity contribution in [3.63, 3.8) is 0 Å². The van der Waals surface area contributed by atoms with Crippen molar-refractivity contribution in [3.05, 3.63) is 17.9 Å². The van der Waals surface area contributed by atoms with Gasteiger partial charge in [0.05, 0.1) is 0 Å². The van der Waals surface area contributed by atoms with Crippen LogP contribution in [0.2, 0.25) is 0 Å². The lowest BCUT2D eigenvalue weighted by Gasteiger charge is -2.03. The maximum Gasteiger partial charge on any atom is 0.287 e. The Morgan fingerprint density at radius 2 is 2.00 bits per heavy atom. The summed E-state index contributed by atoms with van der Waals surface area (Å²) in [6, 6.07) is 2.57. The van der Waals surface area contributed by atoms with Gasteiger partial charge in [-0.3, -0.25) is 4.79 Å². The third kappa shape index (κ3) is 5.19. The Morgan fingerprint density at radius 3 is 2.58 bits per heavy atom. The summed E-state index contributed by atoms with van der Waals surface area (Å²) in [5.41, 5.74) is 0. The van der Waals surface area contributed by atoms with E-state index in [0.29, 0.717) is 13.1 Å². The molecule has 1 amide bonds. The second-order valence-electron chi connectivity index (χ2n) is 3.44. The number of amides is 1. The number of nitrogens with one attached hydrogen (secondary N) is 3. The molecule has 0 bridgehead atoms. The molecule has 7 nitrogen and oxygen atoms in total. The van der Waals surface area contributed by atoms with E-state index in [-0.39, 0.29) is 23.3 Å². The number of likely N-dealkylation sites (N-methyl/N-ethyl adjacent to an activating group) is 1. The van der Waals surface area contributed by atoms with Crippen LogP contribution >= 0.6 is 12.4 Å². The predicted octanol–water partition coefficient (Wildman–Crippen LogP) is -0.0512. The summed E-state index contributed by atoms with van der Waals surface area (Å²) in [5, 5.41) is 5.37. The van der Waals surface area contributed by atoms with Crippen LogP contribution in [0.4, 0.5) is 0 Å². The van der Waals surface area contributed by atoms with Gasteiger partial charge in [0.25, 0.3) is 15.9 Å². The summed E-state index contributed by atoms with van der Waals surface area (Å²) in [5.74, 6) is -0.467. The number of carbonyl (C=O) groups is 1. The fourth-order valence-corrected chi connectivity index (χ4v) is 1.86. The van der Waals surface area contributed by atoms with Gasteiger partial charge >= 0.3 is 0 Å². The van der Waals surface area contributed by atoms with E-state index in [2.05, 4.69) is 15.4 Å². The van der Waals surface area contributed by atoms with Crippen molar-refractivity contribution in [2.45, 2.75) is 12.0 Å². The van der Waals surface area contributed by atoms with Gasteiger partial charge in [0, 0.05) is 13.1 Å². The van der Waals surface area contributed by atoms with Crippen molar-refractivity contribution >= 4 is 28.3 Å². The molecule has 0 radical (unpaired) electrons. The Kier molecular flexibility index (Phi) is 7.69. The average molecular weight is 312 g/mol. The molecule has 1 heterocycles. The van der Waals surface area contributed by atoms with E-state index < -0.39 is 15.9 Å². The summed E-state index contributed by atoms with van der Waals surface area (Å²) < 4.78 is 29.9. The van der Waals surface area contributed by atoms with Crippen molar-refractivity contribution < 1.29 is 17.6 Å². The Balaban J connectivity index is 0.00000324. The van der Waals surface area contributed by atoms with Gasteiger partial charge in [-0.15, -0.1) is 12.4 Å². The third-order valence-electron chi connectivity index (χ3n) is 2.18. The molecule has 0 fully saturated rings. The first-order chi connectivity index (χ1) is 8.51. The van der Waals surface area contributed by atoms with Crippen LogP contribution in [0.25, 0.3) is 0 Å². The lowest BCUT2D eigenvalue weighted by Crippen LogP contribution is -2.31. The highest BCUT2D eigenvalue weighted by Crippen LogP contribution is 2.13. The summed E-state index contributed by atoms with van der Waals surface area (Å²) in [4.78, 5) is 11.6. The average Bonchev–Trinajstić information content (AvgIpc) is 2.84. The van der Waals surface area contributed by atoms with Gasteiger partial charge in [0.1, 0.15) is 0 Å². The molecule has 0 aliphatic rings. The topological polar surface area (TPSA) is 100 Å². The summed E-state index contributed by atoms with van der Waals surface area (Å²) in [6.07, 6.45) is 0. The highest BCUT2D eigenvalue weighted by atomic mass is 35.5. The fourth-order valence-electron chi connectivity index (χ4n) is 1.22. The molecule has 3 N–H and O–H groups in total. The van der Waals surface area contributed by atoms with Crippen LogP contribution < -0.4 is 15.4 Å². The SMILES string of the molecule is CCNCCNC(=O)c1ccc(S(=O)(=O)NC)o1.Cl. The van der Waals surface area contributed by atoms with Gasteiger partial charge in [0.15, 0.2) is 5.76 Å². The molecule has 1 aromatic heterocycles. The summed E-state index contributed by atoms with van der Waals surface area (Å²) in [6.45, 7) is 3.87. The van der Waals surface area contributed by atoms with Crippen LogP contribution in [0.5, 0.6) is 0 Å². The first-order valence-electron chi connectivity index (χ1n) is 5.53. The number of hydrogen-bond acceptors (Lipinski definition) is 5. The molecule has 0 saturated carbocycles. The van der Waals surface area contributed by atoms with Crippen LogP contribution in [0, 0.1) is 0 Å². The van der Waals surface area contributed by atoms with Gasteiger partial charge in [0.2, 0.25) is 5.09 Å². The van der Waals surface area contributed by atoms with Crippen LogP contribution in [0.1, 0.15) is 17.5 Å². The van der Waals surface area contributed by atoms with Gasteiger partial charge < -0.3 is 15.1 Å². The molecule has 0 saturated heterocycles. The second kappa shape index (κ2) is 8.16. The summed E-state index contributed by atoms with van der Waals surface area (Å²) in [7, 11) is -2.38. The van der Waals surface area contributed by atoms with Gasteiger partial charge in [-0.05, 0) is 25.7 Å². The molecule has 0 spiro atoms. The maximum absolute atomic E-state index is 11.6. The molecule has 0 unspecified atom stereocenters. The molecule has 19 heavy (non-hydrogen) atoms. The Morgan fingerprint density at radius 1 is 1.32 bits per heavy atom. The summed E-state index contributed by atoms with van der Waals surface area (Å²) >= 11 is 0. The van der Waals surface area contributed by atoms with E-state index in [4.69, 9.17) is 4.42 Å². The van der Waals surface area contributed by atoms with E-state index in [9.17, 15) is 13.2 Å². The highest BCUT2D eigenvalue weighted by Gasteiger charge is 2.19. The van der Waals surface area contributed by atoms with E-state index in [1.165, 1.54) is 19.2 Å². The van der Waals surface area contributed by atoms with Crippen molar-refractivity contribution in [1.82, 2.24) is 15.4 Å². The molecule has 0 aliphatic heterocycles. The third-order valence-corrected chi connectivity index (χ3v) is 3.46. The van der Waals surface area contributed by atoms with Crippen LogP contribution in [0.15, 0.2) is 21.6 Å². The van der Waals surface area contributed by atoms with Crippen LogP contribution in [-0.4, -0.2) is 41.0 Å². The number of sulfonamides is 1. The van der Waals surface area contributed by atoms with Gasteiger partial charge in [-0.2, -0.15) is 0 Å². The first kappa shape index (κ1) is 17.9. The largest absolute Gasteiger partial charge is 0.438 e. The van der Waals surface area contributed by atoms with Crippen LogP contribution in [-0.2, 0) is 10.0 Å². The number of hydrogen-bond donors (Lipinski definition) is 3. The zero-order valence-electron chi connectivity index (χ0n) is 10.7. The van der Waals surface area contributed by atoms with Crippen LogP contribution in [0.3, 0.4) is 0 Å². The molecule has 0 aliphatic carbocycles. The fraction of sp³-hybridized carbons (Fsp3) is 0.500. The van der Waals surface area contributed by atoms with Crippen molar-refractivity contribution in [3.8, 4) is 0 Å². The quantitative estimate of drug-likeness (QED) is 0.613. The Hall–Kier alpha value is -1.09.